The van der Waals surface area contributed by atoms with Crippen molar-refractivity contribution in [2.75, 3.05) is 19.5 Å². The number of nitro benzene ring substituents is 1. The van der Waals surface area contributed by atoms with Gasteiger partial charge >= 0.3 is 0 Å². The number of anilines is 2. The molecule has 7 nitrogen and oxygen atoms in total. The second-order valence-corrected chi connectivity index (χ2v) is 4.26. The Bertz CT molecular complexity index is 753. The molecule has 0 saturated carbocycles. The number of para-hydroxylation sites is 1. The van der Waals surface area contributed by atoms with E-state index < -0.39 is 4.92 Å². The molecular formula is C15H13N3O4. The summed E-state index contributed by atoms with van der Waals surface area (Å²) in [6.07, 6.45) is 0. The quantitative estimate of drug-likeness (QED) is 0.672. The van der Waals surface area contributed by atoms with Crippen LogP contribution in [-0.2, 0) is 0 Å². The number of non-ortho nitro benzene ring substituents is 1. The molecule has 0 aromatic heterocycles. The second-order valence-electron chi connectivity index (χ2n) is 4.26. The van der Waals surface area contributed by atoms with E-state index in [1.807, 2.05) is 6.07 Å². The van der Waals surface area contributed by atoms with Crippen LogP contribution in [0.2, 0.25) is 0 Å². The highest BCUT2D eigenvalue weighted by atomic mass is 16.6. The molecule has 0 unspecified atom stereocenters. The summed E-state index contributed by atoms with van der Waals surface area (Å²) in [5.41, 5.74) is 1.06. The summed E-state index contributed by atoms with van der Waals surface area (Å²) in [7, 11) is 3.03. The predicted octanol–water partition coefficient (Wildman–Crippen LogP) is 3.23. The zero-order valence-electron chi connectivity index (χ0n) is 12.0. The van der Waals surface area contributed by atoms with Crippen molar-refractivity contribution >= 4 is 17.1 Å². The number of nitrogens with zero attached hydrogens (tertiary/aromatic N) is 2. The molecule has 7 heteroatoms. The zero-order valence-corrected chi connectivity index (χ0v) is 12.0. The maximum atomic E-state index is 10.8. The van der Waals surface area contributed by atoms with Crippen molar-refractivity contribution in [2.24, 2.45) is 0 Å². The third-order valence-electron chi connectivity index (χ3n) is 3.01. The fourth-order valence-electron chi connectivity index (χ4n) is 1.98. The van der Waals surface area contributed by atoms with Gasteiger partial charge in [0.15, 0.2) is 11.5 Å². The van der Waals surface area contributed by atoms with Crippen LogP contribution in [-0.4, -0.2) is 19.1 Å². The Balaban J connectivity index is 2.44. The lowest BCUT2D eigenvalue weighted by Crippen LogP contribution is -1.99. The molecule has 22 heavy (non-hydrogen) atoms. The van der Waals surface area contributed by atoms with Gasteiger partial charge in [0.25, 0.3) is 5.69 Å². The highest BCUT2D eigenvalue weighted by Gasteiger charge is 2.14. The molecule has 0 radical (unpaired) electrons. The number of ether oxygens (including phenoxy) is 2. The van der Waals surface area contributed by atoms with E-state index in [1.54, 1.807) is 18.2 Å². The number of rotatable bonds is 5. The number of methoxy groups -OCH3 is 2. The minimum Gasteiger partial charge on any atom is -0.493 e. The Morgan fingerprint density at radius 1 is 1.18 bits per heavy atom. The van der Waals surface area contributed by atoms with E-state index in [2.05, 4.69) is 5.32 Å². The molecule has 2 aromatic rings. The lowest BCUT2D eigenvalue weighted by Gasteiger charge is -2.14. The largest absolute Gasteiger partial charge is 0.493 e. The fourth-order valence-corrected chi connectivity index (χ4v) is 1.98. The first-order valence-electron chi connectivity index (χ1n) is 6.27. The van der Waals surface area contributed by atoms with E-state index in [-0.39, 0.29) is 11.3 Å². The summed E-state index contributed by atoms with van der Waals surface area (Å²) in [5, 5.41) is 23.0. The van der Waals surface area contributed by atoms with Gasteiger partial charge in [0.05, 0.1) is 36.1 Å². The van der Waals surface area contributed by atoms with Gasteiger partial charge in [-0.2, -0.15) is 5.26 Å². The van der Waals surface area contributed by atoms with Gasteiger partial charge in [-0.3, -0.25) is 10.1 Å². The molecule has 2 rings (SSSR count). The molecular weight excluding hydrogens is 286 g/mol. The Morgan fingerprint density at radius 2 is 1.95 bits per heavy atom. The molecule has 0 aliphatic carbocycles. The number of hydrogen-bond donors (Lipinski definition) is 1. The van der Waals surface area contributed by atoms with E-state index in [0.29, 0.717) is 22.9 Å². The molecule has 0 aliphatic rings. The zero-order chi connectivity index (χ0) is 16.1. The van der Waals surface area contributed by atoms with E-state index in [0.717, 1.165) is 0 Å². The lowest BCUT2D eigenvalue weighted by atomic mass is 10.1. The van der Waals surface area contributed by atoms with Gasteiger partial charge < -0.3 is 14.8 Å². The molecule has 0 fully saturated rings. The van der Waals surface area contributed by atoms with Gasteiger partial charge in [-0.1, -0.05) is 6.07 Å². The smallest absolute Gasteiger partial charge is 0.270 e. The average Bonchev–Trinajstić information content (AvgIpc) is 2.54. The summed E-state index contributed by atoms with van der Waals surface area (Å²) in [6, 6.07) is 11.2. The molecule has 0 spiro atoms. The molecule has 0 atom stereocenters. The van der Waals surface area contributed by atoms with Crippen LogP contribution in [0, 0.1) is 21.4 Å². The van der Waals surface area contributed by atoms with Crippen molar-refractivity contribution < 1.29 is 14.4 Å². The molecule has 0 amide bonds. The number of nitriles is 1. The fraction of sp³-hybridized carbons (Fsp3) is 0.133. The number of benzene rings is 2. The van der Waals surface area contributed by atoms with E-state index in [1.165, 1.54) is 32.4 Å². The normalized spacial score (nSPS) is 9.68. The van der Waals surface area contributed by atoms with Crippen molar-refractivity contribution in [2.45, 2.75) is 0 Å². The molecule has 112 valence electrons. The monoisotopic (exact) mass is 299 g/mol. The van der Waals surface area contributed by atoms with Crippen LogP contribution in [0.4, 0.5) is 17.1 Å². The summed E-state index contributed by atoms with van der Waals surface area (Å²) in [5.74, 6) is 1.01. The molecule has 0 aliphatic heterocycles. The van der Waals surface area contributed by atoms with Crippen LogP contribution in [0.5, 0.6) is 11.5 Å². The Hall–Kier alpha value is -3.27. The van der Waals surface area contributed by atoms with Crippen LogP contribution in [0.1, 0.15) is 5.56 Å². The van der Waals surface area contributed by atoms with E-state index >= 15 is 0 Å². The number of nitrogens with one attached hydrogen (secondary N) is 1. The highest BCUT2D eigenvalue weighted by molar-refractivity contribution is 5.74. The summed E-state index contributed by atoms with van der Waals surface area (Å²) < 4.78 is 10.5. The third kappa shape index (κ3) is 2.91. The first kappa shape index (κ1) is 15.1. The molecule has 0 bridgehead atoms. The van der Waals surface area contributed by atoms with Crippen LogP contribution >= 0.6 is 0 Å². The van der Waals surface area contributed by atoms with Gasteiger partial charge in [-0.05, 0) is 18.2 Å². The summed E-state index contributed by atoms with van der Waals surface area (Å²) in [4.78, 5) is 10.2. The average molecular weight is 299 g/mol. The lowest BCUT2D eigenvalue weighted by molar-refractivity contribution is -0.384. The van der Waals surface area contributed by atoms with Gasteiger partial charge in [-0.25, -0.2) is 0 Å². The van der Waals surface area contributed by atoms with Crippen LogP contribution in [0.25, 0.3) is 0 Å². The summed E-state index contributed by atoms with van der Waals surface area (Å²) in [6.45, 7) is 0. The van der Waals surface area contributed by atoms with Gasteiger partial charge in [0.1, 0.15) is 6.07 Å². The SMILES string of the molecule is COc1cccc(Nc2ccc([N+](=O)[O-])cc2C#N)c1OC. The van der Waals surface area contributed by atoms with Crippen molar-refractivity contribution in [3.05, 3.63) is 52.1 Å². The minimum atomic E-state index is -0.545. The Labute approximate surface area is 126 Å². The van der Waals surface area contributed by atoms with Crippen LogP contribution < -0.4 is 14.8 Å². The van der Waals surface area contributed by atoms with Crippen LogP contribution in [0.3, 0.4) is 0 Å². The highest BCUT2D eigenvalue weighted by Crippen LogP contribution is 2.37. The first-order chi connectivity index (χ1) is 10.6. The molecule has 0 saturated heterocycles. The standard InChI is InChI=1S/C15H13N3O4/c1-21-14-5-3-4-13(15(14)22-2)17-12-7-6-11(18(19)20)8-10(12)9-16/h3-8,17H,1-2H3. The van der Waals surface area contributed by atoms with Crippen LogP contribution in [0.15, 0.2) is 36.4 Å². The maximum absolute atomic E-state index is 10.8. The van der Waals surface area contributed by atoms with Gasteiger partial charge in [0.2, 0.25) is 0 Å². The van der Waals surface area contributed by atoms with Crippen molar-refractivity contribution in [3.63, 3.8) is 0 Å². The van der Waals surface area contributed by atoms with Gasteiger partial charge in [0, 0.05) is 12.1 Å². The van der Waals surface area contributed by atoms with E-state index in [9.17, 15) is 10.1 Å². The topological polar surface area (TPSA) is 97.4 Å². The van der Waals surface area contributed by atoms with Crippen molar-refractivity contribution in [3.8, 4) is 17.6 Å². The first-order valence-corrected chi connectivity index (χ1v) is 6.27. The Morgan fingerprint density at radius 3 is 2.55 bits per heavy atom. The predicted molar refractivity (Wildman–Crippen MR) is 80.6 cm³/mol. The number of nitro groups is 1. The van der Waals surface area contributed by atoms with Gasteiger partial charge in [-0.15, -0.1) is 0 Å². The molecule has 0 heterocycles. The molecule has 2 aromatic carbocycles. The van der Waals surface area contributed by atoms with Crippen molar-refractivity contribution in [1.29, 1.82) is 5.26 Å². The molecule has 1 N–H and O–H groups in total. The van der Waals surface area contributed by atoms with Crippen molar-refractivity contribution in [1.82, 2.24) is 0 Å². The van der Waals surface area contributed by atoms with E-state index in [4.69, 9.17) is 14.7 Å². The maximum Gasteiger partial charge on any atom is 0.270 e. The third-order valence-corrected chi connectivity index (χ3v) is 3.01. The number of hydrogen-bond acceptors (Lipinski definition) is 6. The minimum absolute atomic E-state index is 0.139. The second kappa shape index (κ2) is 6.45. The Kier molecular flexibility index (Phi) is 4.44. The summed E-state index contributed by atoms with van der Waals surface area (Å²) >= 11 is 0.